The molecule has 0 radical (unpaired) electrons. The third-order valence-corrected chi connectivity index (χ3v) is 5.42. The van der Waals surface area contributed by atoms with Crippen LogP contribution in [0.1, 0.15) is 64.2 Å². The Labute approximate surface area is 193 Å². The van der Waals surface area contributed by atoms with Gasteiger partial charge in [-0.25, -0.2) is 0 Å². The third kappa shape index (κ3) is 7.11. The zero-order chi connectivity index (χ0) is 23.7. The Balaban J connectivity index is 2.26. The summed E-state index contributed by atoms with van der Waals surface area (Å²) in [5.41, 5.74) is 3.06. The largest absolute Gasteiger partial charge is 0.483 e. The molecule has 5 nitrogen and oxygen atoms in total. The lowest BCUT2D eigenvalue weighted by atomic mass is 9.86. The fourth-order valence-electron chi connectivity index (χ4n) is 3.73. The van der Waals surface area contributed by atoms with Gasteiger partial charge in [-0.3, -0.25) is 9.59 Å². The fourth-order valence-corrected chi connectivity index (χ4v) is 3.73. The monoisotopic (exact) mass is 438 g/mol. The van der Waals surface area contributed by atoms with E-state index in [2.05, 4.69) is 26.1 Å². The Morgan fingerprint density at radius 2 is 1.78 bits per heavy atom. The molecule has 1 N–H and O–H groups in total. The molecule has 0 saturated carbocycles. The van der Waals surface area contributed by atoms with Crippen molar-refractivity contribution in [1.82, 2.24) is 10.2 Å². The van der Waals surface area contributed by atoms with Crippen LogP contribution in [0.25, 0.3) is 0 Å². The maximum Gasteiger partial charge on any atom is 0.261 e. The summed E-state index contributed by atoms with van der Waals surface area (Å²) in [5.74, 6) is 0.381. The average molecular weight is 439 g/mol. The minimum absolute atomic E-state index is 0.104. The van der Waals surface area contributed by atoms with Gasteiger partial charge < -0.3 is 15.0 Å². The van der Waals surface area contributed by atoms with Crippen LogP contribution in [0.3, 0.4) is 0 Å². The predicted molar refractivity (Wildman–Crippen MR) is 130 cm³/mol. The molecule has 2 aromatic carbocycles. The van der Waals surface area contributed by atoms with Crippen molar-refractivity contribution in [3.8, 4) is 5.75 Å². The average Bonchev–Trinajstić information content (AvgIpc) is 2.75. The number of carbonyl (C=O) groups excluding carboxylic acids is 2. The van der Waals surface area contributed by atoms with Gasteiger partial charge in [-0.05, 0) is 42.4 Å². The molecular formula is C27H38N2O3. The van der Waals surface area contributed by atoms with Crippen LogP contribution in [0.5, 0.6) is 5.75 Å². The second-order valence-electron chi connectivity index (χ2n) is 9.26. The van der Waals surface area contributed by atoms with Gasteiger partial charge in [0.1, 0.15) is 11.8 Å². The van der Waals surface area contributed by atoms with Crippen LogP contribution in [-0.4, -0.2) is 35.9 Å². The molecule has 2 aromatic rings. The number of benzene rings is 2. The molecule has 0 aliphatic heterocycles. The van der Waals surface area contributed by atoms with Crippen LogP contribution in [-0.2, 0) is 21.5 Å². The number of amides is 2. The van der Waals surface area contributed by atoms with Gasteiger partial charge in [-0.1, -0.05) is 82.6 Å². The van der Waals surface area contributed by atoms with E-state index < -0.39 is 6.04 Å². The van der Waals surface area contributed by atoms with E-state index in [1.165, 1.54) is 0 Å². The molecule has 0 spiro atoms. The zero-order valence-electron chi connectivity index (χ0n) is 20.4. The van der Waals surface area contributed by atoms with Gasteiger partial charge in [0.05, 0.1) is 0 Å². The SMILES string of the molecule is CCCNC(=O)[C@H](CC)N(Cc1cccc(C)c1)C(=O)COc1ccccc1C(C)(C)C. The molecule has 0 fully saturated rings. The van der Waals surface area contributed by atoms with E-state index in [1.807, 2.05) is 69.3 Å². The van der Waals surface area contributed by atoms with Gasteiger partial charge in [0, 0.05) is 13.1 Å². The molecule has 0 aliphatic carbocycles. The molecule has 0 heterocycles. The summed E-state index contributed by atoms with van der Waals surface area (Å²) < 4.78 is 6.00. The van der Waals surface area contributed by atoms with E-state index in [4.69, 9.17) is 4.74 Å². The van der Waals surface area contributed by atoms with E-state index in [9.17, 15) is 9.59 Å². The number of nitrogens with zero attached hydrogens (tertiary/aromatic N) is 1. The highest BCUT2D eigenvalue weighted by Gasteiger charge is 2.29. The standard InChI is InChI=1S/C27H38N2O3/c1-7-16-28-26(31)23(8-2)29(18-21-13-11-12-20(3)17-21)25(30)19-32-24-15-10-9-14-22(24)27(4,5)6/h9-15,17,23H,7-8,16,18-19H2,1-6H3,(H,28,31)/t23-/m0/s1. The molecule has 0 bridgehead atoms. The number of carbonyl (C=O) groups is 2. The molecule has 1 atom stereocenters. The summed E-state index contributed by atoms with van der Waals surface area (Å²) in [6, 6.07) is 15.3. The Kier molecular flexibility index (Phi) is 9.30. The van der Waals surface area contributed by atoms with Crippen molar-refractivity contribution < 1.29 is 14.3 Å². The summed E-state index contributed by atoms with van der Waals surface area (Å²) in [6.07, 6.45) is 1.38. The minimum Gasteiger partial charge on any atom is -0.483 e. The summed E-state index contributed by atoms with van der Waals surface area (Å²) in [6.45, 7) is 13.2. The molecule has 174 valence electrons. The predicted octanol–water partition coefficient (Wildman–Crippen LogP) is 5.00. The number of para-hydroxylation sites is 1. The van der Waals surface area contributed by atoms with Gasteiger partial charge in [0.2, 0.25) is 5.91 Å². The second kappa shape index (κ2) is 11.7. The van der Waals surface area contributed by atoms with E-state index in [0.29, 0.717) is 25.3 Å². The fraction of sp³-hybridized carbons (Fsp3) is 0.481. The molecule has 0 saturated heterocycles. The quantitative estimate of drug-likeness (QED) is 0.568. The molecule has 32 heavy (non-hydrogen) atoms. The molecular weight excluding hydrogens is 400 g/mol. The molecule has 0 unspecified atom stereocenters. The van der Waals surface area contributed by atoms with Gasteiger partial charge >= 0.3 is 0 Å². The first-order valence-corrected chi connectivity index (χ1v) is 11.5. The van der Waals surface area contributed by atoms with Crippen molar-refractivity contribution in [2.45, 2.75) is 72.4 Å². The van der Waals surface area contributed by atoms with E-state index in [1.54, 1.807) is 4.90 Å². The van der Waals surface area contributed by atoms with Crippen molar-refractivity contribution in [2.24, 2.45) is 0 Å². The van der Waals surface area contributed by atoms with Crippen LogP contribution >= 0.6 is 0 Å². The van der Waals surface area contributed by atoms with Crippen molar-refractivity contribution >= 4 is 11.8 Å². The number of aryl methyl sites for hydroxylation is 1. The van der Waals surface area contributed by atoms with Crippen LogP contribution in [0.15, 0.2) is 48.5 Å². The molecule has 0 aromatic heterocycles. The Bertz CT molecular complexity index is 902. The summed E-state index contributed by atoms with van der Waals surface area (Å²) in [4.78, 5) is 27.9. The van der Waals surface area contributed by atoms with Crippen molar-refractivity contribution in [2.75, 3.05) is 13.2 Å². The molecule has 2 rings (SSSR count). The van der Waals surface area contributed by atoms with Crippen LogP contribution in [0, 0.1) is 6.92 Å². The Morgan fingerprint density at radius 3 is 2.41 bits per heavy atom. The smallest absolute Gasteiger partial charge is 0.261 e. The Hall–Kier alpha value is -2.82. The first-order valence-electron chi connectivity index (χ1n) is 11.5. The van der Waals surface area contributed by atoms with Crippen molar-refractivity contribution in [1.29, 1.82) is 0 Å². The summed E-state index contributed by atoms with van der Waals surface area (Å²) in [7, 11) is 0. The second-order valence-corrected chi connectivity index (χ2v) is 9.26. The minimum atomic E-state index is -0.545. The van der Waals surface area contributed by atoms with Crippen molar-refractivity contribution in [3.05, 3.63) is 65.2 Å². The van der Waals surface area contributed by atoms with Crippen LogP contribution in [0.2, 0.25) is 0 Å². The first-order chi connectivity index (χ1) is 15.2. The highest BCUT2D eigenvalue weighted by atomic mass is 16.5. The maximum atomic E-state index is 13.4. The Morgan fingerprint density at radius 1 is 1.06 bits per heavy atom. The normalized spacial score (nSPS) is 12.2. The van der Waals surface area contributed by atoms with Crippen LogP contribution in [0.4, 0.5) is 0 Å². The lowest BCUT2D eigenvalue weighted by molar-refractivity contribution is -0.143. The lowest BCUT2D eigenvalue weighted by Gasteiger charge is -2.31. The van der Waals surface area contributed by atoms with Gasteiger partial charge in [0.15, 0.2) is 6.61 Å². The van der Waals surface area contributed by atoms with Gasteiger partial charge in [0.25, 0.3) is 5.91 Å². The van der Waals surface area contributed by atoms with Gasteiger partial charge in [-0.2, -0.15) is 0 Å². The summed E-state index contributed by atoms with van der Waals surface area (Å²) >= 11 is 0. The highest BCUT2D eigenvalue weighted by Crippen LogP contribution is 2.31. The van der Waals surface area contributed by atoms with E-state index >= 15 is 0 Å². The van der Waals surface area contributed by atoms with Crippen LogP contribution < -0.4 is 10.1 Å². The van der Waals surface area contributed by atoms with Gasteiger partial charge in [-0.15, -0.1) is 0 Å². The molecule has 5 heteroatoms. The lowest BCUT2D eigenvalue weighted by Crippen LogP contribution is -2.50. The highest BCUT2D eigenvalue weighted by molar-refractivity contribution is 5.88. The van der Waals surface area contributed by atoms with E-state index in [0.717, 1.165) is 23.1 Å². The van der Waals surface area contributed by atoms with Crippen molar-refractivity contribution in [3.63, 3.8) is 0 Å². The third-order valence-electron chi connectivity index (χ3n) is 5.42. The number of hydrogen-bond donors (Lipinski definition) is 1. The maximum absolute atomic E-state index is 13.4. The number of rotatable bonds is 10. The topological polar surface area (TPSA) is 58.6 Å². The van der Waals surface area contributed by atoms with E-state index in [-0.39, 0.29) is 23.8 Å². The number of hydrogen-bond acceptors (Lipinski definition) is 3. The number of ether oxygens (including phenoxy) is 1. The zero-order valence-corrected chi connectivity index (χ0v) is 20.4. The summed E-state index contributed by atoms with van der Waals surface area (Å²) in [5, 5.41) is 2.95. The first kappa shape index (κ1) is 25.4. The molecule has 0 aliphatic rings. The number of nitrogens with one attached hydrogen (secondary N) is 1. The molecule has 2 amide bonds.